The molecule has 0 nitrogen and oxygen atoms in total. The van der Waals surface area contributed by atoms with Gasteiger partial charge in [-0.1, -0.05) is 52.7 Å². The van der Waals surface area contributed by atoms with Crippen LogP contribution in [0.4, 0.5) is 0 Å². The van der Waals surface area contributed by atoms with Gasteiger partial charge >= 0.3 is 0 Å². The minimum atomic E-state index is 0.631. The summed E-state index contributed by atoms with van der Waals surface area (Å²) < 4.78 is 0. The van der Waals surface area contributed by atoms with E-state index in [9.17, 15) is 0 Å². The monoisotopic (exact) mass is 328 g/mol. The highest BCUT2D eigenvalue weighted by atomic mass is 14.6. The summed E-state index contributed by atoms with van der Waals surface area (Å²) in [5.74, 6) is 5.98. The van der Waals surface area contributed by atoms with Crippen LogP contribution in [0, 0.1) is 46.3 Å². The van der Waals surface area contributed by atoms with Crippen LogP contribution in [0.3, 0.4) is 0 Å². The molecule has 3 saturated carbocycles. The quantitative estimate of drug-likeness (QED) is 0.479. The smallest absolute Gasteiger partial charge is 0.0177 e. The molecular weight excluding hydrogens is 288 g/mol. The summed E-state index contributed by atoms with van der Waals surface area (Å²) in [6, 6.07) is 0. The molecule has 0 aromatic heterocycles. The van der Waals surface area contributed by atoms with Gasteiger partial charge in [-0.2, -0.15) is 0 Å². The van der Waals surface area contributed by atoms with E-state index in [-0.39, 0.29) is 0 Å². The second-order valence-electron chi connectivity index (χ2n) is 10.5. The van der Waals surface area contributed by atoms with Crippen LogP contribution in [0.5, 0.6) is 0 Å². The molecule has 0 N–H and O–H groups in total. The molecule has 0 radical (unpaired) electrons. The highest BCUT2D eigenvalue weighted by Gasteiger charge is 2.59. The Kier molecular flexibility index (Phi) is 4.41. The fourth-order valence-corrected chi connectivity index (χ4v) is 8.46. The lowest BCUT2D eigenvalue weighted by molar-refractivity contribution is -0.0955. The van der Waals surface area contributed by atoms with Crippen LogP contribution in [-0.2, 0) is 0 Å². The maximum absolute atomic E-state index is 2.72. The van der Waals surface area contributed by atoms with Crippen molar-refractivity contribution in [1.29, 1.82) is 0 Å². The maximum Gasteiger partial charge on any atom is -0.0177 e. The summed E-state index contributed by atoms with van der Waals surface area (Å²) in [5.41, 5.74) is 1.30. The first-order valence-electron chi connectivity index (χ1n) is 11.2. The van der Waals surface area contributed by atoms with Crippen molar-refractivity contribution in [1.82, 2.24) is 0 Å². The second-order valence-corrected chi connectivity index (χ2v) is 10.5. The molecular formula is C24H40. The summed E-state index contributed by atoms with van der Waals surface area (Å²) in [4.78, 5) is 0. The average Bonchev–Trinajstić information content (AvgIpc) is 2.92. The minimum absolute atomic E-state index is 0.631. The Morgan fingerprint density at radius 2 is 1.75 bits per heavy atom. The highest BCUT2D eigenvalue weighted by molar-refractivity contribution is 5.13. The normalized spacial score (nSPS) is 51.6. The molecule has 8 atom stereocenters. The molecule has 0 aliphatic heterocycles. The van der Waals surface area contributed by atoms with Gasteiger partial charge in [0.05, 0.1) is 0 Å². The van der Waals surface area contributed by atoms with Crippen LogP contribution < -0.4 is 0 Å². The second kappa shape index (κ2) is 6.17. The molecule has 3 fully saturated rings. The molecule has 0 spiro atoms. The van der Waals surface area contributed by atoms with E-state index in [1.807, 2.05) is 0 Å². The molecule has 0 amide bonds. The van der Waals surface area contributed by atoms with Crippen molar-refractivity contribution in [3.63, 3.8) is 0 Å². The lowest BCUT2D eigenvalue weighted by Gasteiger charge is -2.60. The van der Waals surface area contributed by atoms with Gasteiger partial charge in [0.25, 0.3) is 0 Å². The molecule has 136 valence electrons. The zero-order chi connectivity index (χ0) is 16.9. The van der Waals surface area contributed by atoms with E-state index in [1.54, 1.807) is 6.42 Å². The lowest BCUT2D eigenvalue weighted by Crippen LogP contribution is -2.52. The number of allylic oxidation sites excluding steroid dienone is 2. The van der Waals surface area contributed by atoms with Crippen LogP contribution >= 0.6 is 0 Å². The summed E-state index contributed by atoms with van der Waals surface area (Å²) in [6.07, 6.45) is 19.9. The van der Waals surface area contributed by atoms with E-state index in [1.165, 1.54) is 57.8 Å². The van der Waals surface area contributed by atoms with Crippen molar-refractivity contribution >= 4 is 0 Å². The number of hydrogen-bond acceptors (Lipinski definition) is 0. The molecule has 0 bridgehead atoms. The average molecular weight is 329 g/mol. The Morgan fingerprint density at radius 1 is 0.958 bits per heavy atom. The van der Waals surface area contributed by atoms with Crippen LogP contribution in [0.1, 0.15) is 91.9 Å². The fraction of sp³-hybridized carbons (Fsp3) is 0.917. The zero-order valence-corrected chi connectivity index (χ0v) is 16.7. The fourth-order valence-electron chi connectivity index (χ4n) is 8.46. The molecule has 0 aromatic rings. The Hall–Kier alpha value is -0.260. The van der Waals surface area contributed by atoms with E-state index in [2.05, 4.69) is 39.8 Å². The summed E-state index contributed by atoms with van der Waals surface area (Å²) in [5, 5.41) is 0. The summed E-state index contributed by atoms with van der Waals surface area (Å²) >= 11 is 0. The minimum Gasteiger partial charge on any atom is -0.0882 e. The predicted molar refractivity (Wildman–Crippen MR) is 104 cm³/mol. The van der Waals surface area contributed by atoms with Crippen LogP contribution in [0.15, 0.2) is 12.2 Å². The van der Waals surface area contributed by atoms with E-state index in [0.717, 1.165) is 35.5 Å². The van der Waals surface area contributed by atoms with Gasteiger partial charge in [-0.05, 0) is 97.7 Å². The molecule has 4 rings (SSSR count). The molecule has 0 heteroatoms. The van der Waals surface area contributed by atoms with Crippen molar-refractivity contribution in [3.8, 4) is 0 Å². The molecule has 4 aliphatic rings. The van der Waals surface area contributed by atoms with Crippen molar-refractivity contribution < 1.29 is 0 Å². The third kappa shape index (κ3) is 2.38. The predicted octanol–water partition coefficient (Wildman–Crippen LogP) is 7.25. The topological polar surface area (TPSA) is 0 Å². The molecule has 0 aromatic carbocycles. The third-order valence-electron chi connectivity index (χ3n) is 9.66. The lowest BCUT2D eigenvalue weighted by atomic mass is 9.45. The van der Waals surface area contributed by atoms with Gasteiger partial charge < -0.3 is 0 Å². The van der Waals surface area contributed by atoms with Gasteiger partial charge in [0.1, 0.15) is 0 Å². The number of rotatable bonds is 3. The molecule has 0 heterocycles. The summed E-state index contributed by atoms with van der Waals surface area (Å²) in [7, 11) is 0. The summed E-state index contributed by atoms with van der Waals surface area (Å²) in [6.45, 7) is 10.3. The molecule has 4 aliphatic carbocycles. The van der Waals surface area contributed by atoms with E-state index in [4.69, 9.17) is 0 Å². The highest BCUT2D eigenvalue weighted by Crippen LogP contribution is 2.67. The van der Waals surface area contributed by atoms with Gasteiger partial charge in [0.15, 0.2) is 0 Å². The van der Waals surface area contributed by atoms with Crippen molar-refractivity contribution in [2.75, 3.05) is 0 Å². The first kappa shape index (κ1) is 17.2. The van der Waals surface area contributed by atoms with Crippen LogP contribution in [-0.4, -0.2) is 0 Å². The molecule has 0 saturated heterocycles. The standard InChI is InChI=1S/C24H40/c1-5-8-17(2)20-12-13-21-19-11-10-18-9-6-7-15-23(18,3)22(19)14-16-24(20,21)4/h6,9,17-22H,5,7-8,10-16H2,1-4H3/t17-,18?,19+,20-,21+,22+,23+,24-/m1/s1. The van der Waals surface area contributed by atoms with Gasteiger partial charge in [-0.15, -0.1) is 0 Å². The van der Waals surface area contributed by atoms with E-state index in [0.29, 0.717) is 10.8 Å². The Bertz CT molecular complexity index is 490. The number of hydrogen-bond donors (Lipinski definition) is 0. The van der Waals surface area contributed by atoms with Gasteiger partial charge in [-0.25, -0.2) is 0 Å². The van der Waals surface area contributed by atoms with Crippen molar-refractivity contribution in [2.24, 2.45) is 46.3 Å². The Labute approximate surface area is 150 Å². The van der Waals surface area contributed by atoms with Gasteiger partial charge in [0, 0.05) is 0 Å². The van der Waals surface area contributed by atoms with E-state index < -0.39 is 0 Å². The Balaban J connectivity index is 1.58. The largest absolute Gasteiger partial charge is 0.0882 e. The first-order valence-corrected chi connectivity index (χ1v) is 11.2. The first-order chi connectivity index (χ1) is 11.5. The van der Waals surface area contributed by atoms with Crippen LogP contribution in [0.25, 0.3) is 0 Å². The van der Waals surface area contributed by atoms with Gasteiger partial charge in [0.2, 0.25) is 0 Å². The van der Waals surface area contributed by atoms with Gasteiger partial charge in [-0.3, -0.25) is 0 Å². The van der Waals surface area contributed by atoms with Crippen LogP contribution in [0.2, 0.25) is 0 Å². The van der Waals surface area contributed by atoms with E-state index >= 15 is 0 Å². The number of fused-ring (bicyclic) bond motifs is 5. The maximum atomic E-state index is 2.72. The Morgan fingerprint density at radius 3 is 2.54 bits per heavy atom. The zero-order valence-electron chi connectivity index (χ0n) is 16.7. The molecule has 1 unspecified atom stereocenters. The molecule has 24 heavy (non-hydrogen) atoms. The SMILES string of the molecule is CCC[C@@H](C)[C@H]1CC[C@H]2[C@@H]3CCC4C=CCC[C@]4(C)[C@H]3CC[C@]12C. The van der Waals surface area contributed by atoms with Crippen molar-refractivity contribution in [2.45, 2.75) is 91.9 Å². The third-order valence-corrected chi connectivity index (χ3v) is 9.66. The van der Waals surface area contributed by atoms with Crippen molar-refractivity contribution in [3.05, 3.63) is 12.2 Å².